The molecule has 1 aliphatic rings. The molecule has 1 aliphatic heterocycles. The van der Waals surface area contributed by atoms with Crippen molar-refractivity contribution in [1.29, 1.82) is 0 Å². The number of carbonyl (C=O) groups is 1. The quantitative estimate of drug-likeness (QED) is 0.578. The van der Waals surface area contributed by atoms with E-state index in [9.17, 15) is 20.0 Å². The Hall–Kier alpha value is -2.07. The first-order chi connectivity index (χ1) is 13.3. The first-order valence-corrected chi connectivity index (χ1v) is 9.49. The van der Waals surface area contributed by atoms with Crippen LogP contribution in [0.25, 0.3) is 0 Å². The summed E-state index contributed by atoms with van der Waals surface area (Å²) in [5, 5.41) is 20.2. The molecule has 0 saturated carbocycles. The number of benzene rings is 1. The number of carboxylic acids is 1. The Labute approximate surface area is 165 Å². The highest BCUT2D eigenvalue weighted by Crippen LogP contribution is 2.16. The number of ether oxygens (including phenoxy) is 1. The van der Waals surface area contributed by atoms with Crippen molar-refractivity contribution in [2.75, 3.05) is 66.6 Å². The second-order valence-corrected chi connectivity index (χ2v) is 7.32. The summed E-state index contributed by atoms with van der Waals surface area (Å²) in [5.74, 6) is -0.872. The van der Waals surface area contributed by atoms with Crippen molar-refractivity contribution in [3.63, 3.8) is 0 Å². The van der Waals surface area contributed by atoms with Crippen LogP contribution < -0.4 is 0 Å². The summed E-state index contributed by atoms with van der Waals surface area (Å²) in [5.41, 5.74) is 1.00. The SMILES string of the molecule is CN1CCOCCN(CC(=O)O)[C@H](Cc2ccc([N+](=O)[O-])cc2)CN(C)CC1. The normalized spacial score (nSPS) is 21.6. The van der Waals surface area contributed by atoms with E-state index in [4.69, 9.17) is 4.74 Å². The van der Waals surface area contributed by atoms with Crippen molar-refractivity contribution < 1.29 is 19.6 Å². The Bertz CT molecular complexity index is 640. The van der Waals surface area contributed by atoms with E-state index in [0.717, 1.165) is 25.2 Å². The van der Waals surface area contributed by atoms with Crippen LogP contribution in [0.2, 0.25) is 0 Å². The highest BCUT2D eigenvalue weighted by Gasteiger charge is 2.23. The number of nitro groups is 1. The number of hydrogen-bond acceptors (Lipinski definition) is 7. The van der Waals surface area contributed by atoms with Crippen LogP contribution in [-0.2, 0) is 16.0 Å². The van der Waals surface area contributed by atoms with Gasteiger partial charge in [-0.3, -0.25) is 19.8 Å². The first kappa shape index (κ1) is 22.2. The molecule has 0 bridgehead atoms. The highest BCUT2D eigenvalue weighted by atomic mass is 16.6. The minimum atomic E-state index is -0.872. The largest absolute Gasteiger partial charge is 0.480 e. The summed E-state index contributed by atoms with van der Waals surface area (Å²) in [7, 11) is 4.10. The second kappa shape index (κ2) is 11.1. The Kier molecular flexibility index (Phi) is 8.78. The molecule has 0 radical (unpaired) electrons. The lowest BCUT2D eigenvalue weighted by molar-refractivity contribution is -0.384. The predicted molar refractivity (Wildman–Crippen MR) is 106 cm³/mol. The summed E-state index contributed by atoms with van der Waals surface area (Å²) >= 11 is 0. The van der Waals surface area contributed by atoms with Gasteiger partial charge in [-0.1, -0.05) is 12.1 Å². The summed E-state index contributed by atoms with van der Waals surface area (Å²) in [6, 6.07) is 6.45. The summed E-state index contributed by atoms with van der Waals surface area (Å²) in [6.45, 7) is 4.89. The average molecular weight is 394 g/mol. The standard InChI is InChI=1S/C19H30N4O5/c1-20-7-8-21(2)14-18(13-16-3-5-17(6-4-16)23(26)27)22(15-19(24)25)10-12-28-11-9-20/h3-6,18H,7-15H2,1-2H3,(H,24,25)/t18-/m1/s1. The molecule has 156 valence electrons. The lowest BCUT2D eigenvalue weighted by Crippen LogP contribution is -2.49. The van der Waals surface area contributed by atoms with Crippen LogP contribution in [0.5, 0.6) is 0 Å². The molecule has 1 aromatic rings. The molecule has 2 rings (SSSR count). The zero-order valence-electron chi connectivity index (χ0n) is 16.6. The van der Waals surface area contributed by atoms with Gasteiger partial charge in [-0.05, 0) is 26.1 Å². The van der Waals surface area contributed by atoms with Gasteiger partial charge in [0.05, 0.1) is 24.7 Å². The predicted octanol–water partition coefficient (Wildman–Crippen LogP) is 0.786. The highest BCUT2D eigenvalue weighted by molar-refractivity contribution is 5.69. The lowest BCUT2D eigenvalue weighted by Gasteiger charge is -2.34. The smallest absolute Gasteiger partial charge is 0.317 e. The topological polar surface area (TPSA) is 99.4 Å². The number of nitro benzene ring substituents is 1. The van der Waals surface area contributed by atoms with Crippen LogP contribution in [0.3, 0.4) is 0 Å². The summed E-state index contributed by atoms with van der Waals surface area (Å²) in [6.07, 6.45) is 0.617. The molecule has 28 heavy (non-hydrogen) atoms. The van der Waals surface area contributed by atoms with Gasteiger partial charge in [0.1, 0.15) is 0 Å². The van der Waals surface area contributed by atoms with Gasteiger partial charge >= 0.3 is 5.97 Å². The Morgan fingerprint density at radius 2 is 1.79 bits per heavy atom. The van der Waals surface area contributed by atoms with Crippen LogP contribution >= 0.6 is 0 Å². The number of non-ortho nitro benzene ring substituents is 1. The minimum absolute atomic E-state index is 0.0316. The molecule has 1 saturated heterocycles. The summed E-state index contributed by atoms with van der Waals surface area (Å²) < 4.78 is 5.69. The van der Waals surface area contributed by atoms with Crippen LogP contribution in [0, 0.1) is 10.1 Å². The van der Waals surface area contributed by atoms with Crippen molar-refractivity contribution in [3.05, 3.63) is 39.9 Å². The Balaban J connectivity index is 2.16. The fourth-order valence-electron chi connectivity index (χ4n) is 3.31. The molecule has 0 aliphatic carbocycles. The van der Waals surface area contributed by atoms with Gasteiger partial charge in [0.2, 0.25) is 0 Å². The van der Waals surface area contributed by atoms with Crippen molar-refractivity contribution in [2.24, 2.45) is 0 Å². The van der Waals surface area contributed by atoms with Crippen molar-refractivity contribution >= 4 is 11.7 Å². The van der Waals surface area contributed by atoms with Crippen LogP contribution in [-0.4, -0.2) is 103 Å². The van der Waals surface area contributed by atoms with E-state index in [-0.39, 0.29) is 18.3 Å². The molecule has 1 fully saturated rings. The maximum Gasteiger partial charge on any atom is 0.317 e. The number of aliphatic carboxylic acids is 1. The van der Waals surface area contributed by atoms with Crippen molar-refractivity contribution in [3.8, 4) is 0 Å². The monoisotopic (exact) mass is 394 g/mol. The third-order valence-corrected chi connectivity index (χ3v) is 5.00. The van der Waals surface area contributed by atoms with E-state index in [1.807, 2.05) is 11.9 Å². The molecule has 0 spiro atoms. The molecule has 0 unspecified atom stereocenters. The minimum Gasteiger partial charge on any atom is -0.480 e. The molecule has 9 nitrogen and oxygen atoms in total. The molecule has 0 aromatic heterocycles. The lowest BCUT2D eigenvalue weighted by atomic mass is 10.0. The zero-order valence-corrected chi connectivity index (χ0v) is 16.6. The molecule has 1 aromatic carbocycles. The first-order valence-electron chi connectivity index (χ1n) is 9.49. The average Bonchev–Trinajstić information content (AvgIpc) is 2.64. The fourth-order valence-corrected chi connectivity index (χ4v) is 3.31. The van der Waals surface area contributed by atoms with E-state index >= 15 is 0 Å². The van der Waals surface area contributed by atoms with E-state index in [2.05, 4.69) is 16.8 Å². The van der Waals surface area contributed by atoms with E-state index in [1.54, 1.807) is 12.1 Å². The number of hydrogen-bond donors (Lipinski definition) is 1. The number of likely N-dealkylation sites (N-methyl/N-ethyl adjacent to an activating group) is 2. The zero-order chi connectivity index (χ0) is 20.5. The molecular weight excluding hydrogens is 364 g/mol. The Morgan fingerprint density at radius 1 is 1.14 bits per heavy atom. The number of carboxylic acid groups (broad SMARTS) is 1. The fraction of sp³-hybridized carbons (Fsp3) is 0.632. The molecule has 1 heterocycles. The van der Waals surface area contributed by atoms with Gasteiger partial charge in [-0.25, -0.2) is 0 Å². The van der Waals surface area contributed by atoms with Gasteiger partial charge in [0.15, 0.2) is 0 Å². The molecule has 0 amide bonds. The van der Waals surface area contributed by atoms with Crippen LogP contribution in [0.4, 0.5) is 5.69 Å². The third kappa shape index (κ3) is 7.51. The van der Waals surface area contributed by atoms with Crippen LogP contribution in [0.1, 0.15) is 5.56 Å². The molecule has 1 atom stereocenters. The second-order valence-electron chi connectivity index (χ2n) is 7.32. The molecular formula is C19H30N4O5. The van der Waals surface area contributed by atoms with Gasteiger partial charge in [0, 0.05) is 50.9 Å². The van der Waals surface area contributed by atoms with Gasteiger partial charge in [-0.2, -0.15) is 0 Å². The molecule has 9 heteroatoms. The van der Waals surface area contributed by atoms with Gasteiger partial charge in [0.25, 0.3) is 5.69 Å². The number of rotatable bonds is 5. The van der Waals surface area contributed by atoms with Crippen molar-refractivity contribution in [2.45, 2.75) is 12.5 Å². The van der Waals surface area contributed by atoms with Crippen molar-refractivity contribution in [1.82, 2.24) is 14.7 Å². The van der Waals surface area contributed by atoms with Crippen LogP contribution in [0.15, 0.2) is 24.3 Å². The molecule has 1 N–H and O–H groups in total. The summed E-state index contributed by atoms with van der Waals surface area (Å²) in [4.78, 5) is 28.2. The van der Waals surface area contributed by atoms with E-state index in [0.29, 0.717) is 32.7 Å². The number of nitrogens with zero attached hydrogens (tertiary/aromatic N) is 4. The maximum atomic E-state index is 11.4. The Morgan fingerprint density at radius 3 is 2.43 bits per heavy atom. The maximum absolute atomic E-state index is 11.4. The van der Waals surface area contributed by atoms with Gasteiger partial charge in [-0.15, -0.1) is 0 Å². The van der Waals surface area contributed by atoms with E-state index in [1.165, 1.54) is 12.1 Å². The van der Waals surface area contributed by atoms with E-state index < -0.39 is 10.9 Å². The third-order valence-electron chi connectivity index (χ3n) is 5.00. The van der Waals surface area contributed by atoms with Gasteiger partial charge < -0.3 is 19.6 Å².